The molecule has 22 heavy (non-hydrogen) atoms. The van der Waals surface area contributed by atoms with Crippen LogP contribution in [0.1, 0.15) is 5.82 Å². The van der Waals surface area contributed by atoms with E-state index in [1.165, 1.54) is 0 Å². The quantitative estimate of drug-likeness (QED) is 0.717. The molecule has 0 unspecified atom stereocenters. The number of halogens is 1. The minimum absolute atomic E-state index is 0.679. The predicted octanol–water partition coefficient (Wildman–Crippen LogP) is 4.93. The number of aromatic nitrogens is 2. The van der Waals surface area contributed by atoms with Crippen LogP contribution in [-0.4, -0.2) is 9.97 Å². The van der Waals surface area contributed by atoms with Gasteiger partial charge < -0.3 is 10.6 Å². The number of nitrogens with zero attached hydrogens (tertiary/aromatic N) is 2. The second-order valence-electron chi connectivity index (χ2n) is 4.81. The lowest BCUT2D eigenvalue weighted by Crippen LogP contribution is -2.01. The van der Waals surface area contributed by atoms with Crippen LogP contribution < -0.4 is 10.6 Å². The minimum Gasteiger partial charge on any atom is -0.340 e. The molecular weight excluding hydrogens is 296 g/mol. The number of para-hydroxylation sites is 1. The molecule has 3 aromatic rings. The summed E-state index contributed by atoms with van der Waals surface area (Å²) in [5.41, 5.74) is 1.87. The van der Waals surface area contributed by atoms with Gasteiger partial charge in [-0.1, -0.05) is 35.9 Å². The van der Waals surface area contributed by atoms with Crippen LogP contribution in [-0.2, 0) is 0 Å². The first-order chi connectivity index (χ1) is 10.7. The summed E-state index contributed by atoms with van der Waals surface area (Å²) in [6.07, 6.45) is 0. The van der Waals surface area contributed by atoms with Gasteiger partial charge in [0.15, 0.2) is 0 Å². The van der Waals surface area contributed by atoms with Crippen molar-refractivity contribution in [3.05, 3.63) is 71.5 Å². The van der Waals surface area contributed by atoms with Crippen LogP contribution >= 0.6 is 11.6 Å². The Hall–Kier alpha value is -2.59. The molecule has 4 nitrogen and oxygen atoms in total. The van der Waals surface area contributed by atoms with E-state index in [2.05, 4.69) is 20.6 Å². The van der Waals surface area contributed by atoms with E-state index in [0.29, 0.717) is 16.7 Å². The van der Waals surface area contributed by atoms with Crippen LogP contribution in [0.15, 0.2) is 60.7 Å². The van der Waals surface area contributed by atoms with Crippen LogP contribution in [0.2, 0.25) is 5.02 Å². The zero-order chi connectivity index (χ0) is 15.4. The summed E-state index contributed by atoms with van der Waals surface area (Å²) in [7, 11) is 0. The van der Waals surface area contributed by atoms with Crippen LogP contribution in [0.4, 0.5) is 23.0 Å². The lowest BCUT2D eigenvalue weighted by atomic mass is 10.3. The van der Waals surface area contributed by atoms with Gasteiger partial charge in [0.2, 0.25) is 0 Å². The van der Waals surface area contributed by atoms with Crippen LogP contribution in [0, 0.1) is 6.92 Å². The van der Waals surface area contributed by atoms with Crippen LogP contribution in [0.25, 0.3) is 0 Å². The van der Waals surface area contributed by atoms with E-state index in [-0.39, 0.29) is 0 Å². The topological polar surface area (TPSA) is 49.8 Å². The molecule has 2 N–H and O–H groups in total. The van der Waals surface area contributed by atoms with Crippen molar-refractivity contribution >= 4 is 34.6 Å². The van der Waals surface area contributed by atoms with Gasteiger partial charge in [0, 0.05) is 22.5 Å². The van der Waals surface area contributed by atoms with Crippen molar-refractivity contribution in [3.8, 4) is 0 Å². The summed E-state index contributed by atoms with van der Waals surface area (Å²) in [5, 5.41) is 7.18. The fraction of sp³-hybridized carbons (Fsp3) is 0.0588. The van der Waals surface area contributed by atoms with Gasteiger partial charge in [0.1, 0.15) is 17.5 Å². The average Bonchev–Trinajstić information content (AvgIpc) is 2.47. The van der Waals surface area contributed by atoms with Gasteiger partial charge in [-0.2, -0.15) is 0 Å². The molecular formula is C17H15ClN4. The first-order valence-corrected chi connectivity index (χ1v) is 7.27. The molecule has 0 fully saturated rings. The van der Waals surface area contributed by atoms with Gasteiger partial charge in [0.05, 0.1) is 0 Å². The van der Waals surface area contributed by atoms with Crippen molar-refractivity contribution in [2.75, 3.05) is 10.6 Å². The first-order valence-electron chi connectivity index (χ1n) is 6.89. The smallest absolute Gasteiger partial charge is 0.136 e. The lowest BCUT2D eigenvalue weighted by molar-refractivity contribution is 1.06. The molecule has 0 aliphatic rings. The SMILES string of the molecule is Cc1nc(Nc2ccccc2)cc(Nc2cccc(Cl)c2)n1. The van der Waals surface area contributed by atoms with Crippen molar-refractivity contribution in [1.82, 2.24) is 9.97 Å². The maximum Gasteiger partial charge on any atom is 0.136 e. The van der Waals surface area contributed by atoms with Crippen molar-refractivity contribution in [2.24, 2.45) is 0 Å². The van der Waals surface area contributed by atoms with Gasteiger partial charge in [-0.25, -0.2) is 9.97 Å². The van der Waals surface area contributed by atoms with E-state index in [9.17, 15) is 0 Å². The highest BCUT2D eigenvalue weighted by atomic mass is 35.5. The fourth-order valence-electron chi connectivity index (χ4n) is 2.08. The maximum absolute atomic E-state index is 6.00. The Balaban J connectivity index is 1.83. The zero-order valence-electron chi connectivity index (χ0n) is 12.0. The number of rotatable bonds is 4. The normalized spacial score (nSPS) is 10.3. The van der Waals surface area contributed by atoms with E-state index in [4.69, 9.17) is 11.6 Å². The number of aryl methyl sites for hydroxylation is 1. The molecule has 3 rings (SSSR count). The van der Waals surface area contributed by atoms with E-state index in [1.54, 1.807) is 0 Å². The van der Waals surface area contributed by atoms with Crippen molar-refractivity contribution in [3.63, 3.8) is 0 Å². The van der Waals surface area contributed by atoms with Crippen LogP contribution in [0.3, 0.4) is 0 Å². The average molecular weight is 311 g/mol. The highest BCUT2D eigenvalue weighted by molar-refractivity contribution is 6.30. The monoisotopic (exact) mass is 310 g/mol. The predicted molar refractivity (Wildman–Crippen MR) is 91.2 cm³/mol. The summed E-state index contributed by atoms with van der Waals surface area (Å²) < 4.78 is 0. The zero-order valence-corrected chi connectivity index (χ0v) is 12.8. The molecule has 0 bridgehead atoms. The molecule has 110 valence electrons. The molecule has 0 saturated heterocycles. The number of hydrogen-bond acceptors (Lipinski definition) is 4. The van der Waals surface area contributed by atoms with Gasteiger partial charge >= 0.3 is 0 Å². The molecule has 0 radical (unpaired) electrons. The largest absolute Gasteiger partial charge is 0.340 e. The van der Waals surface area contributed by atoms with Gasteiger partial charge in [-0.05, 0) is 37.3 Å². The summed E-state index contributed by atoms with van der Waals surface area (Å²) in [6.45, 7) is 1.86. The fourth-order valence-corrected chi connectivity index (χ4v) is 2.27. The number of benzene rings is 2. The Morgan fingerprint density at radius 1 is 0.773 bits per heavy atom. The van der Waals surface area contributed by atoms with Crippen molar-refractivity contribution < 1.29 is 0 Å². The highest BCUT2D eigenvalue weighted by Crippen LogP contribution is 2.22. The van der Waals surface area contributed by atoms with E-state index in [0.717, 1.165) is 17.2 Å². The van der Waals surface area contributed by atoms with E-state index >= 15 is 0 Å². The third-order valence-electron chi connectivity index (χ3n) is 2.98. The minimum atomic E-state index is 0.679. The molecule has 0 spiro atoms. The molecule has 1 heterocycles. The second kappa shape index (κ2) is 6.45. The highest BCUT2D eigenvalue weighted by Gasteiger charge is 2.03. The van der Waals surface area contributed by atoms with Crippen molar-refractivity contribution in [1.29, 1.82) is 0 Å². The van der Waals surface area contributed by atoms with E-state index in [1.807, 2.05) is 67.6 Å². The summed E-state index contributed by atoms with van der Waals surface area (Å²) in [4.78, 5) is 8.80. The summed E-state index contributed by atoms with van der Waals surface area (Å²) in [5.74, 6) is 2.14. The summed E-state index contributed by atoms with van der Waals surface area (Å²) >= 11 is 6.00. The molecule has 5 heteroatoms. The number of nitrogens with one attached hydrogen (secondary N) is 2. The van der Waals surface area contributed by atoms with Crippen LogP contribution in [0.5, 0.6) is 0 Å². The molecule has 0 amide bonds. The van der Waals surface area contributed by atoms with Crippen molar-refractivity contribution in [2.45, 2.75) is 6.92 Å². The molecule has 0 aliphatic carbocycles. The Kier molecular flexibility index (Phi) is 4.21. The molecule has 0 atom stereocenters. The molecule has 0 saturated carbocycles. The van der Waals surface area contributed by atoms with E-state index < -0.39 is 0 Å². The summed E-state index contributed by atoms with van der Waals surface area (Å²) in [6, 6.07) is 19.3. The Labute approximate surface area is 134 Å². The van der Waals surface area contributed by atoms with Gasteiger partial charge in [0.25, 0.3) is 0 Å². The lowest BCUT2D eigenvalue weighted by Gasteiger charge is -2.10. The molecule has 0 aliphatic heterocycles. The second-order valence-corrected chi connectivity index (χ2v) is 5.25. The Bertz CT molecular complexity index is 775. The standard InChI is InChI=1S/C17H15ClN4/c1-12-19-16(21-14-7-3-2-4-8-14)11-17(20-12)22-15-9-5-6-13(18)10-15/h2-11H,1H3,(H2,19,20,21,22). The third-order valence-corrected chi connectivity index (χ3v) is 3.22. The third kappa shape index (κ3) is 3.74. The van der Waals surface area contributed by atoms with Gasteiger partial charge in [-0.3, -0.25) is 0 Å². The number of hydrogen-bond donors (Lipinski definition) is 2. The van der Waals surface area contributed by atoms with Gasteiger partial charge in [-0.15, -0.1) is 0 Å². The Morgan fingerprint density at radius 2 is 1.41 bits per heavy atom. The molecule has 2 aromatic carbocycles. The molecule has 1 aromatic heterocycles. The maximum atomic E-state index is 6.00. The number of anilines is 4. The Morgan fingerprint density at radius 3 is 2.09 bits per heavy atom. The first kappa shape index (κ1) is 14.4.